The highest BCUT2D eigenvalue weighted by molar-refractivity contribution is 6.16. The number of ether oxygens (including phenoxy) is 1. The summed E-state index contributed by atoms with van der Waals surface area (Å²) in [6.07, 6.45) is 3.62. The number of hydrogen-bond donors (Lipinski definition) is 2. The van der Waals surface area contributed by atoms with Gasteiger partial charge in [0.2, 0.25) is 0 Å². The van der Waals surface area contributed by atoms with E-state index >= 15 is 0 Å². The molecule has 11 heteroatoms. The fourth-order valence-electron chi connectivity index (χ4n) is 8.77. The number of aliphatic hydroxyl groups is 1. The molecule has 2 N–H and O–H groups in total. The van der Waals surface area contributed by atoms with Gasteiger partial charge in [-0.25, -0.2) is 8.78 Å². The summed E-state index contributed by atoms with van der Waals surface area (Å²) in [7, 11) is 0. The smallest absolute Gasteiger partial charge is 0.318 e. The molecule has 5 unspecified atom stereocenters. The monoisotopic (exact) mass is 605 g/mol. The zero-order valence-electron chi connectivity index (χ0n) is 24.8. The Morgan fingerprint density at radius 2 is 2.02 bits per heavy atom. The molecule has 1 aliphatic carbocycles. The van der Waals surface area contributed by atoms with E-state index < -0.39 is 12.3 Å². The topological polar surface area (TPSA) is 102 Å². The molecule has 3 saturated heterocycles. The summed E-state index contributed by atoms with van der Waals surface area (Å²) in [4.78, 5) is 29.8. The molecule has 4 aliphatic heterocycles. The molecule has 232 valence electrons. The fraction of sp³-hybridized carbons (Fsp3) is 0.545. The lowest BCUT2D eigenvalue weighted by molar-refractivity contribution is 0.0996. The van der Waals surface area contributed by atoms with Crippen molar-refractivity contribution in [3.05, 3.63) is 46.9 Å². The average Bonchev–Trinajstić information content (AvgIpc) is 3.70. The van der Waals surface area contributed by atoms with Gasteiger partial charge >= 0.3 is 6.01 Å². The summed E-state index contributed by atoms with van der Waals surface area (Å²) in [6.45, 7) is 4.17. The first-order valence-electron chi connectivity index (χ1n) is 15.9. The van der Waals surface area contributed by atoms with Crippen molar-refractivity contribution in [1.82, 2.24) is 14.9 Å². The molecule has 5 atom stereocenters. The number of carbonyl (C=O) groups excluding carboxylic acids is 1. The number of anilines is 2. The van der Waals surface area contributed by atoms with Crippen LogP contribution < -0.4 is 14.5 Å². The molecule has 8 rings (SSSR count). The number of hydrogen-bond acceptors (Lipinski definition) is 8. The normalized spacial score (nSPS) is 29.6. The van der Waals surface area contributed by atoms with Crippen LogP contribution in [0.3, 0.4) is 0 Å². The van der Waals surface area contributed by atoms with E-state index in [9.17, 15) is 23.8 Å². The number of alkyl halides is 1. The van der Waals surface area contributed by atoms with Crippen LogP contribution in [0.1, 0.15) is 67.1 Å². The molecular weight excluding hydrogens is 568 g/mol. The van der Waals surface area contributed by atoms with Crippen molar-refractivity contribution in [1.29, 1.82) is 0 Å². The number of aliphatic hydroxyl groups excluding tert-OH is 1. The van der Waals surface area contributed by atoms with Crippen molar-refractivity contribution < 1.29 is 28.5 Å². The van der Waals surface area contributed by atoms with E-state index in [2.05, 4.69) is 9.80 Å². The predicted molar refractivity (Wildman–Crippen MR) is 161 cm³/mol. The van der Waals surface area contributed by atoms with Crippen LogP contribution >= 0.6 is 0 Å². The summed E-state index contributed by atoms with van der Waals surface area (Å²) in [6, 6.07) is 6.28. The number of carbonyl (C=O) groups is 1. The van der Waals surface area contributed by atoms with Crippen LogP contribution in [-0.4, -0.2) is 81.1 Å². The van der Waals surface area contributed by atoms with Gasteiger partial charge in [-0.3, -0.25) is 9.69 Å². The van der Waals surface area contributed by atoms with Gasteiger partial charge < -0.3 is 24.7 Å². The maximum Gasteiger partial charge on any atom is 0.318 e. The number of halogens is 2. The molecule has 1 amide bonds. The van der Waals surface area contributed by atoms with Crippen LogP contribution in [0, 0.1) is 11.7 Å². The number of amides is 1. The number of fused-ring (bicyclic) bond motifs is 5. The molecule has 2 bridgehead atoms. The third-order valence-electron chi connectivity index (χ3n) is 10.6. The molecule has 2 aromatic carbocycles. The summed E-state index contributed by atoms with van der Waals surface area (Å²) < 4.78 is 35.7. The summed E-state index contributed by atoms with van der Waals surface area (Å²) >= 11 is 0. The SMILES string of the molecule is CCc1c(F)ccc2cc(O)cc(N3Cc4nc(OCC56CCCN5CC(F)C6)nc(N5CC6CC(O)CC5C6)c4C3=O)c12. The highest BCUT2D eigenvalue weighted by Crippen LogP contribution is 2.45. The lowest BCUT2D eigenvalue weighted by Gasteiger charge is -2.31. The zero-order chi connectivity index (χ0) is 30.3. The van der Waals surface area contributed by atoms with Crippen molar-refractivity contribution in [2.24, 2.45) is 5.92 Å². The predicted octanol–water partition coefficient (Wildman–Crippen LogP) is 4.50. The van der Waals surface area contributed by atoms with Crippen LogP contribution in [0.4, 0.5) is 20.3 Å². The quantitative estimate of drug-likeness (QED) is 0.424. The van der Waals surface area contributed by atoms with Gasteiger partial charge in [-0.1, -0.05) is 13.0 Å². The molecule has 1 saturated carbocycles. The molecule has 5 aliphatic rings. The van der Waals surface area contributed by atoms with Gasteiger partial charge in [0.1, 0.15) is 35.7 Å². The first kappa shape index (κ1) is 27.9. The van der Waals surface area contributed by atoms with Gasteiger partial charge in [-0.2, -0.15) is 9.97 Å². The Morgan fingerprint density at radius 1 is 1.16 bits per heavy atom. The minimum Gasteiger partial charge on any atom is -0.508 e. The minimum atomic E-state index is -0.883. The van der Waals surface area contributed by atoms with Crippen LogP contribution in [0.25, 0.3) is 10.8 Å². The summed E-state index contributed by atoms with van der Waals surface area (Å²) in [5.41, 5.74) is 1.39. The van der Waals surface area contributed by atoms with Gasteiger partial charge in [0.15, 0.2) is 0 Å². The third kappa shape index (κ3) is 4.34. The Bertz CT molecular complexity index is 1670. The van der Waals surface area contributed by atoms with E-state index in [-0.39, 0.29) is 48.2 Å². The lowest BCUT2D eigenvalue weighted by atomic mass is 9.88. The largest absolute Gasteiger partial charge is 0.508 e. The van der Waals surface area contributed by atoms with Crippen molar-refractivity contribution >= 4 is 28.2 Å². The highest BCUT2D eigenvalue weighted by Gasteiger charge is 2.50. The zero-order valence-corrected chi connectivity index (χ0v) is 24.8. The number of rotatable bonds is 6. The maximum atomic E-state index is 15.0. The Morgan fingerprint density at radius 3 is 2.86 bits per heavy atom. The van der Waals surface area contributed by atoms with Gasteiger partial charge in [-0.15, -0.1) is 0 Å². The molecule has 0 radical (unpaired) electrons. The molecular formula is C33H37F2N5O4. The first-order chi connectivity index (χ1) is 21.2. The van der Waals surface area contributed by atoms with E-state index in [1.54, 1.807) is 17.0 Å². The molecule has 3 aromatic rings. The van der Waals surface area contributed by atoms with Crippen molar-refractivity contribution in [3.8, 4) is 11.8 Å². The second-order valence-electron chi connectivity index (χ2n) is 13.4. The van der Waals surface area contributed by atoms with Crippen molar-refractivity contribution in [3.63, 3.8) is 0 Å². The number of phenolic OH excluding ortho intramolecular Hbond substituents is 1. The molecule has 1 aromatic heterocycles. The third-order valence-corrected chi connectivity index (χ3v) is 10.6. The number of benzene rings is 2. The fourth-order valence-corrected chi connectivity index (χ4v) is 8.77. The van der Waals surface area contributed by atoms with Gasteiger partial charge in [0.25, 0.3) is 5.91 Å². The Balaban J connectivity index is 1.21. The second-order valence-corrected chi connectivity index (χ2v) is 13.4. The Labute approximate surface area is 254 Å². The molecule has 0 spiro atoms. The molecule has 4 fully saturated rings. The lowest BCUT2D eigenvalue weighted by Crippen LogP contribution is -2.43. The van der Waals surface area contributed by atoms with Crippen LogP contribution in [0.2, 0.25) is 0 Å². The van der Waals surface area contributed by atoms with E-state index in [1.807, 2.05) is 6.92 Å². The van der Waals surface area contributed by atoms with E-state index in [0.717, 1.165) is 25.8 Å². The number of aromatic nitrogens is 2. The Hall–Kier alpha value is -3.57. The molecule has 9 nitrogen and oxygen atoms in total. The minimum absolute atomic E-state index is 0.0225. The van der Waals surface area contributed by atoms with Crippen LogP contribution in [0.15, 0.2) is 24.3 Å². The van der Waals surface area contributed by atoms with Crippen LogP contribution in [0.5, 0.6) is 11.8 Å². The first-order valence-corrected chi connectivity index (χ1v) is 15.9. The average molecular weight is 606 g/mol. The Kier molecular flexibility index (Phi) is 6.50. The van der Waals surface area contributed by atoms with Gasteiger partial charge in [-0.05, 0) is 74.1 Å². The van der Waals surface area contributed by atoms with Crippen molar-refractivity contribution in [2.75, 3.05) is 36.0 Å². The molecule has 44 heavy (non-hydrogen) atoms. The number of aromatic hydroxyl groups is 1. The second kappa shape index (κ2) is 10.2. The number of aryl methyl sites for hydroxylation is 1. The number of nitrogens with zero attached hydrogens (tertiary/aromatic N) is 5. The number of phenols is 1. The van der Waals surface area contributed by atoms with E-state index in [1.165, 1.54) is 12.1 Å². The van der Waals surface area contributed by atoms with Crippen molar-refractivity contribution in [2.45, 2.75) is 82.3 Å². The highest BCUT2D eigenvalue weighted by atomic mass is 19.1. The molecule has 5 heterocycles. The van der Waals surface area contributed by atoms with E-state index in [0.29, 0.717) is 83.8 Å². The van der Waals surface area contributed by atoms with E-state index in [4.69, 9.17) is 14.7 Å². The summed E-state index contributed by atoms with van der Waals surface area (Å²) in [5.74, 6) is 0.0744. The van der Waals surface area contributed by atoms with Gasteiger partial charge in [0.05, 0.1) is 29.6 Å². The van der Waals surface area contributed by atoms with Crippen LogP contribution in [-0.2, 0) is 13.0 Å². The summed E-state index contributed by atoms with van der Waals surface area (Å²) in [5, 5.41) is 22.4. The maximum absolute atomic E-state index is 15.0. The van der Waals surface area contributed by atoms with Gasteiger partial charge in [0, 0.05) is 37.0 Å². The standard InChI is InChI=1S/C33H37F2N5O4/c1-2-24-25(35)5-4-19-10-23(42)12-27(28(19)24)40-16-26-29(31(40)43)30(39-14-18-8-21(39)11-22(41)9-18)37-32(36-26)44-17-33-6-3-7-38(33)15-20(34)13-33/h4-5,10,12,18,20-22,41-42H,2-3,6-9,11,13-17H2,1H3.